The van der Waals surface area contributed by atoms with E-state index in [4.69, 9.17) is 4.74 Å². The summed E-state index contributed by atoms with van der Waals surface area (Å²) < 4.78 is 8.40. The van der Waals surface area contributed by atoms with Gasteiger partial charge in [0.05, 0.1) is 21.2 Å². The van der Waals surface area contributed by atoms with E-state index in [0.29, 0.717) is 5.75 Å². The number of methoxy groups -OCH3 is 1. The summed E-state index contributed by atoms with van der Waals surface area (Å²) in [5, 5.41) is 9.45. The zero-order valence-corrected chi connectivity index (χ0v) is 13.8. The maximum atomic E-state index is 12.0. The van der Waals surface area contributed by atoms with Gasteiger partial charge in [-0.05, 0) is 31.2 Å². The lowest BCUT2D eigenvalue weighted by atomic mass is 10.1. The van der Waals surface area contributed by atoms with Crippen molar-refractivity contribution in [3.8, 4) is 11.5 Å². The number of aromatic hydroxyl groups is 1. The third-order valence-electron chi connectivity index (χ3n) is 3.50. The third kappa shape index (κ3) is 3.49. The lowest BCUT2D eigenvalue weighted by molar-refractivity contribution is -0.696. The second kappa shape index (κ2) is 7.13. The molecule has 0 spiro atoms. The summed E-state index contributed by atoms with van der Waals surface area (Å²) in [6.07, 6.45) is 3.70. The van der Waals surface area contributed by atoms with E-state index in [9.17, 15) is 9.90 Å². The van der Waals surface area contributed by atoms with Gasteiger partial charge in [0.25, 0.3) is 0 Å². The van der Waals surface area contributed by atoms with Crippen molar-refractivity contribution in [3.63, 3.8) is 0 Å². The van der Waals surface area contributed by atoms with Crippen molar-refractivity contribution in [3.05, 3.63) is 51.7 Å². The standard InChI is InChI=1S/C16H18N2O3.ClH/c1-11-9-13(18(3)16(20)17(11)2)7-5-12-6-8-14(19)10-15(12)21-4;/h5-10H,1-4H3;1H. The van der Waals surface area contributed by atoms with Gasteiger partial charge in [0.1, 0.15) is 22.9 Å². The number of aryl methyl sites for hydroxylation is 1. The topological polar surface area (TPSA) is 55.3 Å². The van der Waals surface area contributed by atoms with Crippen LogP contribution in [0.2, 0.25) is 0 Å². The van der Waals surface area contributed by atoms with Crippen LogP contribution in [0, 0.1) is 6.92 Å². The summed E-state index contributed by atoms with van der Waals surface area (Å²) in [4.78, 5) is 12.0. The van der Waals surface area contributed by atoms with Crippen LogP contribution in [0.1, 0.15) is 17.0 Å². The van der Waals surface area contributed by atoms with Crippen LogP contribution >= 0.6 is 0 Å². The van der Waals surface area contributed by atoms with Crippen LogP contribution < -0.4 is 27.4 Å². The minimum Gasteiger partial charge on any atom is -1.00 e. The molecular formula is C16H19ClN2O3. The summed E-state index contributed by atoms with van der Waals surface area (Å²) in [6, 6.07) is 6.84. The molecule has 6 heteroatoms. The maximum Gasteiger partial charge on any atom is 0.498 e. The molecule has 0 unspecified atom stereocenters. The van der Waals surface area contributed by atoms with Crippen molar-refractivity contribution in [1.82, 2.24) is 4.57 Å². The number of aromatic nitrogens is 2. The highest BCUT2D eigenvalue weighted by molar-refractivity contribution is 5.72. The third-order valence-corrected chi connectivity index (χ3v) is 3.50. The first kappa shape index (κ1) is 17.8. The first-order chi connectivity index (χ1) is 9.93. The second-order valence-electron chi connectivity index (χ2n) is 4.87. The Morgan fingerprint density at radius 2 is 1.95 bits per heavy atom. The predicted molar refractivity (Wildman–Crippen MR) is 81.2 cm³/mol. The lowest BCUT2D eigenvalue weighted by Crippen LogP contribution is -3.00. The quantitative estimate of drug-likeness (QED) is 0.693. The number of hydrogen-bond donors (Lipinski definition) is 1. The molecule has 0 amide bonds. The van der Waals surface area contributed by atoms with Gasteiger partial charge in [-0.2, -0.15) is 13.9 Å². The molecule has 0 bridgehead atoms. The van der Waals surface area contributed by atoms with E-state index in [0.717, 1.165) is 17.0 Å². The van der Waals surface area contributed by atoms with Gasteiger partial charge in [-0.1, -0.05) is 0 Å². The van der Waals surface area contributed by atoms with Crippen LogP contribution in [0.25, 0.3) is 12.2 Å². The molecule has 0 aliphatic heterocycles. The fraction of sp³-hybridized carbons (Fsp3) is 0.250. The molecule has 0 saturated carbocycles. The first-order valence-corrected chi connectivity index (χ1v) is 6.56. The van der Waals surface area contributed by atoms with Gasteiger partial charge >= 0.3 is 5.69 Å². The van der Waals surface area contributed by atoms with E-state index in [1.165, 1.54) is 0 Å². The van der Waals surface area contributed by atoms with Crippen LogP contribution in [0.4, 0.5) is 0 Å². The highest BCUT2D eigenvalue weighted by Crippen LogP contribution is 2.25. The average molecular weight is 323 g/mol. The number of halogens is 1. The van der Waals surface area contributed by atoms with Crippen molar-refractivity contribution in [2.75, 3.05) is 7.11 Å². The number of nitrogens with zero attached hydrogens (tertiary/aromatic N) is 2. The Morgan fingerprint density at radius 3 is 2.59 bits per heavy atom. The SMILES string of the molecule is COc1cc(O)ccc1C=Cc1cc(C)[n+](C)c(=O)n1C.[Cl-]. The highest BCUT2D eigenvalue weighted by atomic mass is 35.5. The molecule has 5 nitrogen and oxygen atoms in total. The predicted octanol–water partition coefficient (Wildman–Crippen LogP) is -1.59. The molecule has 0 saturated heterocycles. The van der Waals surface area contributed by atoms with Crippen molar-refractivity contribution >= 4 is 12.2 Å². The zero-order valence-electron chi connectivity index (χ0n) is 13.0. The van der Waals surface area contributed by atoms with Gasteiger partial charge in [-0.3, -0.25) is 0 Å². The molecule has 2 aromatic rings. The molecule has 118 valence electrons. The van der Waals surface area contributed by atoms with Gasteiger partial charge in [0.2, 0.25) is 0 Å². The van der Waals surface area contributed by atoms with Gasteiger partial charge < -0.3 is 22.3 Å². The van der Waals surface area contributed by atoms with E-state index >= 15 is 0 Å². The summed E-state index contributed by atoms with van der Waals surface area (Å²) in [5.41, 5.74) is 2.43. The fourth-order valence-electron chi connectivity index (χ4n) is 2.07. The Balaban J connectivity index is 0.00000242. The van der Waals surface area contributed by atoms with Crippen LogP contribution in [-0.2, 0) is 14.1 Å². The number of ether oxygens (including phenoxy) is 1. The summed E-state index contributed by atoms with van der Waals surface area (Å²) in [5.74, 6) is 0.730. The molecule has 2 rings (SSSR count). The van der Waals surface area contributed by atoms with E-state index in [1.54, 1.807) is 48.5 Å². The zero-order chi connectivity index (χ0) is 15.6. The summed E-state index contributed by atoms with van der Waals surface area (Å²) >= 11 is 0. The van der Waals surface area contributed by atoms with Crippen molar-refractivity contribution in [2.45, 2.75) is 6.92 Å². The minimum absolute atomic E-state index is 0. The molecule has 0 atom stereocenters. The van der Waals surface area contributed by atoms with Crippen LogP contribution in [0.5, 0.6) is 11.5 Å². The molecule has 0 fully saturated rings. The molecule has 22 heavy (non-hydrogen) atoms. The molecule has 1 aromatic heterocycles. The van der Waals surface area contributed by atoms with Gasteiger partial charge in [0, 0.05) is 17.7 Å². The largest absolute Gasteiger partial charge is 1.00 e. The lowest BCUT2D eigenvalue weighted by Gasteiger charge is -2.05. The van der Waals surface area contributed by atoms with E-state index in [-0.39, 0.29) is 23.8 Å². The Labute approximate surface area is 135 Å². The van der Waals surface area contributed by atoms with Gasteiger partial charge in [-0.25, -0.2) is 0 Å². The molecule has 0 radical (unpaired) electrons. The summed E-state index contributed by atoms with van der Waals surface area (Å²) in [7, 11) is 5.03. The molecule has 1 N–H and O–H groups in total. The smallest absolute Gasteiger partial charge is 0.498 e. The number of hydrogen-bond acceptors (Lipinski definition) is 3. The summed E-state index contributed by atoms with van der Waals surface area (Å²) in [6.45, 7) is 1.89. The monoisotopic (exact) mass is 322 g/mol. The fourth-order valence-corrected chi connectivity index (χ4v) is 2.07. The number of phenolic OH excluding ortho intramolecular Hbond substituents is 1. The minimum atomic E-state index is -0.0766. The van der Waals surface area contributed by atoms with Gasteiger partial charge in [-0.15, -0.1) is 0 Å². The van der Waals surface area contributed by atoms with Crippen LogP contribution in [-0.4, -0.2) is 16.8 Å². The average Bonchev–Trinajstić information content (AvgIpc) is 2.48. The second-order valence-corrected chi connectivity index (χ2v) is 4.87. The molecular weight excluding hydrogens is 304 g/mol. The number of benzene rings is 1. The molecule has 1 aromatic carbocycles. The maximum absolute atomic E-state index is 12.0. The number of rotatable bonds is 3. The molecule has 1 heterocycles. The van der Waals surface area contributed by atoms with Crippen LogP contribution in [0.15, 0.2) is 29.1 Å². The Bertz CT molecular complexity index is 767. The van der Waals surface area contributed by atoms with E-state index in [2.05, 4.69) is 0 Å². The Kier molecular flexibility index (Phi) is 5.77. The van der Waals surface area contributed by atoms with E-state index < -0.39 is 0 Å². The first-order valence-electron chi connectivity index (χ1n) is 6.56. The Morgan fingerprint density at radius 1 is 1.27 bits per heavy atom. The van der Waals surface area contributed by atoms with Crippen molar-refractivity contribution in [1.29, 1.82) is 0 Å². The number of phenols is 1. The van der Waals surface area contributed by atoms with Crippen molar-refractivity contribution in [2.24, 2.45) is 14.1 Å². The molecule has 0 aliphatic rings. The van der Waals surface area contributed by atoms with Crippen molar-refractivity contribution < 1.29 is 26.8 Å². The van der Waals surface area contributed by atoms with Gasteiger partial charge in [0.15, 0.2) is 0 Å². The van der Waals surface area contributed by atoms with Crippen LogP contribution in [0.3, 0.4) is 0 Å². The Hall–Kier alpha value is -2.27. The normalized spacial score (nSPS) is 10.5. The molecule has 0 aliphatic carbocycles. The van der Waals surface area contributed by atoms with E-state index in [1.807, 2.05) is 25.1 Å². The highest BCUT2D eigenvalue weighted by Gasteiger charge is 2.11.